The Morgan fingerprint density at radius 1 is 1.71 bits per heavy atom. The summed E-state index contributed by atoms with van der Waals surface area (Å²) in [6.07, 6.45) is 1.90. The second-order valence-electron chi connectivity index (χ2n) is 3.91. The summed E-state index contributed by atoms with van der Waals surface area (Å²) in [5.74, 6) is 0.268. The molecule has 1 heterocycles. The molecule has 1 fully saturated rings. The van der Waals surface area contributed by atoms with Gasteiger partial charge in [0.1, 0.15) is 6.04 Å². The van der Waals surface area contributed by atoms with E-state index >= 15 is 0 Å². The van der Waals surface area contributed by atoms with Gasteiger partial charge in [0.15, 0.2) is 0 Å². The van der Waals surface area contributed by atoms with E-state index in [1.54, 1.807) is 0 Å². The van der Waals surface area contributed by atoms with Crippen LogP contribution < -0.4 is 5.73 Å². The van der Waals surface area contributed by atoms with E-state index in [-0.39, 0.29) is 5.97 Å². The summed E-state index contributed by atoms with van der Waals surface area (Å²) in [6.45, 7) is 5.45. The predicted octanol–water partition coefficient (Wildman–Crippen LogP) is 0.219. The highest BCUT2D eigenvalue weighted by molar-refractivity contribution is 5.75. The average Bonchev–Trinajstić information content (AvgIpc) is 2.64. The van der Waals surface area contributed by atoms with Gasteiger partial charge in [-0.2, -0.15) is 0 Å². The van der Waals surface area contributed by atoms with Gasteiger partial charge < -0.3 is 15.4 Å². The van der Waals surface area contributed by atoms with Crippen LogP contribution in [0, 0.1) is 5.92 Å². The van der Waals surface area contributed by atoms with E-state index in [0.717, 1.165) is 32.5 Å². The molecule has 2 unspecified atom stereocenters. The largest absolute Gasteiger partial charge is 0.468 e. The molecule has 0 aromatic heterocycles. The molecule has 4 nitrogen and oxygen atoms in total. The van der Waals surface area contributed by atoms with Crippen molar-refractivity contribution in [3.05, 3.63) is 0 Å². The lowest BCUT2D eigenvalue weighted by Gasteiger charge is -2.15. The number of likely N-dealkylation sites (tertiary alicyclic amines) is 1. The van der Waals surface area contributed by atoms with Crippen molar-refractivity contribution in [2.24, 2.45) is 11.7 Å². The van der Waals surface area contributed by atoms with Gasteiger partial charge >= 0.3 is 5.97 Å². The minimum atomic E-state index is -0.443. The maximum atomic E-state index is 11.1. The number of esters is 1. The number of nitrogens with two attached hydrogens (primary N) is 1. The third-order valence-electron chi connectivity index (χ3n) is 2.91. The monoisotopic (exact) mass is 200 g/mol. The molecule has 0 spiro atoms. The fourth-order valence-corrected chi connectivity index (χ4v) is 2.00. The lowest BCUT2D eigenvalue weighted by Crippen LogP contribution is -2.34. The Morgan fingerprint density at radius 3 is 2.93 bits per heavy atom. The third kappa shape index (κ3) is 2.96. The molecule has 0 aliphatic carbocycles. The number of carbonyl (C=O) groups is 1. The number of carbonyl (C=O) groups excluding carboxylic acids is 1. The zero-order valence-electron chi connectivity index (χ0n) is 9.03. The van der Waals surface area contributed by atoms with Gasteiger partial charge in [0.2, 0.25) is 0 Å². The van der Waals surface area contributed by atoms with Crippen LogP contribution in [0.1, 0.15) is 19.8 Å². The molecule has 1 rings (SSSR count). The summed E-state index contributed by atoms with van der Waals surface area (Å²) in [6, 6.07) is -0.443. The van der Waals surface area contributed by atoms with E-state index in [1.807, 2.05) is 0 Å². The Labute approximate surface area is 85.4 Å². The van der Waals surface area contributed by atoms with Crippen molar-refractivity contribution in [1.29, 1.82) is 0 Å². The maximum absolute atomic E-state index is 11.1. The van der Waals surface area contributed by atoms with Crippen LogP contribution in [0.25, 0.3) is 0 Å². The minimum Gasteiger partial charge on any atom is -0.468 e. The molecule has 14 heavy (non-hydrogen) atoms. The molecule has 2 N–H and O–H groups in total. The first-order valence-corrected chi connectivity index (χ1v) is 5.23. The summed E-state index contributed by atoms with van der Waals surface area (Å²) in [5.41, 5.74) is 5.70. The molecule has 1 saturated heterocycles. The van der Waals surface area contributed by atoms with Crippen molar-refractivity contribution in [2.45, 2.75) is 25.8 Å². The number of rotatable bonds is 4. The minimum absolute atomic E-state index is 0.292. The highest BCUT2D eigenvalue weighted by Crippen LogP contribution is 2.20. The van der Waals surface area contributed by atoms with E-state index in [1.165, 1.54) is 7.11 Å². The van der Waals surface area contributed by atoms with Crippen LogP contribution >= 0.6 is 0 Å². The molecule has 4 heteroatoms. The van der Waals surface area contributed by atoms with E-state index in [4.69, 9.17) is 5.73 Å². The number of methoxy groups -OCH3 is 1. The van der Waals surface area contributed by atoms with Crippen molar-refractivity contribution in [3.8, 4) is 0 Å². The molecule has 0 amide bonds. The Balaban J connectivity index is 2.28. The molecule has 1 aliphatic heterocycles. The standard InChI is InChI=1S/C10H20N2O2/c1-3-12-5-4-8(7-12)6-9(11)10(13)14-2/h8-9H,3-7,11H2,1-2H3. The van der Waals surface area contributed by atoms with Gasteiger partial charge in [0.25, 0.3) is 0 Å². The number of ether oxygens (including phenoxy) is 1. The zero-order valence-corrected chi connectivity index (χ0v) is 9.03. The van der Waals surface area contributed by atoms with Crippen LogP contribution in [0.3, 0.4) is 0 Å². The summed E-state index contributed by atoms with van der Waals surface area (Å²) >= 11 is 0. The van der Waals surface area contributed by atoms with Gasteiger partial charge in [0, 0.05) is 6.54 Å². The zero-order chi connectivity index (χ0) is 10.6. The predicted molar refractivity (Wildman–Crippen MR) is 54.8 cm³/mol. The topological polar surface area (TPSA) is 55.6 Å². The second kappa shape index (κ2) is 5.32. The fraction of sp³-hybridized carbons (Fsp3) is 0.900. The quantitative estimate of drug-likeness (QED) is 0.659. The van der Waals surface area contributed by atoms with Crippen molar-refractivity contribution in [2.75, 3.05) is 26.7 Å². The lowest BCUT2D eigenvalue weighted by atomic mass is 10.00. The SMILES string of the molecule is CCN1CCC(CC(N)C(=O)OC)C1. The van der Waals surface area contributed by atoms with Crippen LogP contribution in [0.4, 0.5) is 0 Å². The van der Waals surface area contributed by atoms with Gasteiger partial charge in [-0.05, 0) is 31.8 Å². The van der Waals surface area contributed by atoms with Crippen LogP contribution in [0.2, 0.25) is 0 Å². The van der Waals surface area contributed by atoms with Gasteiger partial charge in [-0.1, -0.05) is 6.92 Å². The highest BCUT2D eigenvalue weighted by atomic mass is 16.5. The number of hydrogen-bond acceptors (Lipinski definition) is 4. The molecular weight excluding hydrogens is 180 g/mol. The molecular formula is C10H20N2O2. The van der Waals surface area contributed by atoms with E-state index in [9.17, 15) is 4.79 Å². The summed E-state index contributed by atoms with van der Waals surface area (Å²) in [5, 5.41) is 0. The van der Waals surface area contributed by atoms with Gasteiger partial charge in [-0.3, -0.25) is 4.79 Å². The first kappa shape index (κ1) is 11.5. The van der Waals surface area contributed by atoms with Crippen molar-refractivity contribution in [3.63, 3.8) is 0 Å². The molecule has 2 atom stereocenters. The Morgan fingerprint density at radius 2 is 2.43 bits per heavy atom. The summed E-state index contributed by atoms with van der Waals surface area (Å²) < 4.78 is 4.60. The molecule has 82 valence electrons. The van der Waals surface area contributed by atoms with Crippen LogP contribution in [0.5, 0.6) is 0 Å². The second-order valence-corrected chi connectivity index (χ2v) is 3.91. The Kier molecular flexibility index (Phi) is 4.35. The van der Waals surface area contributed by atoms with Crippen molar-refractivity contribution >= 4 is 5.97 Å². The molecule has 0 aromatic rings. The van der Waals surface area contributed by atoms with Crippen LogP contribution in [0.15, 0.2) is 0 Å². The first-order chi connectivity index (χ1) is 6.67. The third-order valence-corrected chi connectivity index (χ3v) is 2.91. The average molecular weight is 200 g/mol. The van der Waals surface area contributed by atoms with Gasteiger partial charge in [-0.15, -0.1) is 0 Å². The highest BCUT2D eigenvalue weighted by Gasteiger charge is 2.25. The van der Waals surface area contributed by atoms with Crippen molar-refractivity contribution < 1.29 is 9.53 Å². The molecule has 0 radical (unpaired) electrons. The summed E-state index contributed by atoms with van der Waals surface area (Å²) in [7, 11) is 1.38. The smallest absolute Gasteiger partial charge is 0.322 e. The van der Waals surface area contributed by atoms with Crippen molar-refractivity contribution in [1.82, 2.24) is 4.90 Å². The molecule has 0 aromatic carbocycles. The normalized spacial score (nSPS) is 24.9. The van der Waals surface area contributed by atoms with E-state index < -0.39 is 6.04 Å². The maximum Gasteiger partial charge on any atom is 0.322 e. The van der Waals surface area contributed by atoms with E-state index in [0.29, 0.717) is 5.92 Å². The number of hydrogen-bond donors (Lipinski definition) is 1. The van der Waals surface area contributed by atoms with Crippen LogP contribution in [-0.2, 0) is 9.53 Å². The van der Waals surface area contributed by atoms with E-state index in [2.05, 4.69) is 16.6 Å². The molecule has 0 saturated carbocycles. The summed E-state index contributed by atoms with van der Waals surface area (Å²) in [4.78, 5) is 13.5. The number of nitrogens with zero attached hydrogens (tertiary/aromatic N) is 1. The molecule has 1 aliphatic rings. The Bertz CT molecular complexity index is 197. The molecule has 0 bridgehead atoms. The lowest BCUT2D eigenvalue weighted by molar-refractivity contribution is -0.142. The van der Waals surface area contributed by atoms with Gasteiger partial charge in [-0.25, -0.2) is 0 Å². The van der Waals surface area contributed by atoms with Gasteiger partial charge in [0.05, 0.1) is 7.11 Å². The first-order valence-electron chi connectivity index (χ1n) is 5.23. The van der Waals surface area contributed by atoms with Crippen LogP contribution in [-0.4, -0.2) is 43.7 Å². The Hall–Kier alpha value is -0.610. The fourth-order valence-electron chi connectivity index (χ4n) is 2.00.